The Morgan fingerprint density at radius 3 is 2.55 bits per heavy atom. The number of rotatable bonds is 3. The molecule has 0 aromatic carbocycles. The van der Waals surface area contributed by atoms with E-state index in [1.807, 2.05) is 6.92 Å². The van der Waals surface area contributed by atoms with Gasteiger partial charge in [-0.3, -0.25) is 4.98 Å². The second kappa shape index (κ2) is 5.77. The Balaban J connectivity index is 1.77. The highest BCUT2D eigenvalue weighted by molar-refractivity contribution is 7.88. The number of aromatic nitrogens is 4. The first-order valence-electron chi connectivity index (χ1n) is 7.22. The lowest BCUT2D eigenvalue weighted by atomic mass is 9.95. The van der Waals surface area contributed by atoms with Crippen molar-refractivity contribution >= 4 is 10.0 Å². The van der Waals surface area contributed by atoms with Crippen LogP contribution in [0.1, 0.15) is 30.1 Å². The van der Waals surface area contributed by atoms with Gasteiger partial charge in [0.15, 0.2) is 5.82 Å². The van der Waals surface area contributed by atoms with Gasteiger partial charge in [-0.05, 0) is 19.8 Å². The fraction of sp³-hybridized carbons (Fsp3) is 0.500. The van der Waals surface area contributed by atoms with E-state index in [-0.39, 0.29) is 5.92 Å². The minimum Gasteiger partial charge on any atom is -0.341 e. The van der Waals surface area contributed by atoms with Crippen LogP contribution in [0, 0.1) is 6.92 Å². The molecular formula is C14H19N5O2S. The molecule has 2 aromatic heterocycles. The number of hydrogen-bond donors (Lipinski definition) is 1. The summed E-state index contributed by atoms with van der Waals surface area (Å²) >= 11 is 0. The van der Waals surface area contributed by atoms with E-state index in [1.54, 1.807) is 18.6 Å². The van der Waals surface area contributed by atoms with E-state index in [0.717, 1.165) is 29.9 Å². The Morgan fingerprint density at radius 2 is 1.95 bits per heavy atom. The zero-order valence-corrected chi connectivity index (χ0v) is 13.5. The van der Waals surface area contributed by atoms with Crippen molar-refractivity contribution < 1.29 is 8.42 Å². The third kappa shape index (κ3) is 3.17. The number of H-pyrrole nitrogens is 1. The lowest BCUT2D eigenvalue weighted by Gasteiger charge is -2.29. The number of aromatic amines is 1. The second-order valence-electron chi connectivity index (χ2n) is 5.68. The Morgan fingerprint density at radius 1 is 1.23 bits per heavy atom. The molecular weight excluding hydrogens is 302 g/mol. The zero-order valence-electron chi connectivity index (χ0n) is 12.7. The van der Waals surface area contributed by atoms with Gasteiger partial charge >= 0.3 is 0 Å². The summed E-state index contributed by atoms with van der Waals surface area (Å²) in [7, 11) is -3.10. The van der Waals surface area contributed by atoms with Gasteiger partial charge in [-0.15, -0.1) is 0 Å². The number of imidazole rings is 1. The van der Waals surface area contributed by atoms with Crippen LogP contribution in [-0.2, 0) is 10.0 Å². The summed E-state index contributed by atoms with van der Waals surface area (Å²) in [6.45, 7) is 3.01. The molecule has 0 saturated carbocycles. The molecule has 0 unspecified atom stereocenters. The summed E-state index contributed by atoms with van der Waals surface area (Å²) in [6, 6.07) is 0. The van der Waals surface area contributed by atoms with Crippen molar-refractivity contribution in [3.63, 3.8) is 0 Å². The summed E-state index contributed by atoms with van der Waals surface area (Å²) in [5, 5.41) is 0. The van der Waals surface area contributed by atoms with Crippen LogP contribution in [0.25, 0.3) is 11.5 Å². The fourth-order valence-electron chi connectivity index (χ4n) is 2.72. The smallest absolute Gasteiger partial charge is 0.211 e. The Labute approximate surface area is 129 Å². The molecule has 1 saturated heterocycles. The third-order valence-corrected chi connectivity index (χ3v) is 5.24. The lowest BCUT2D eigenvalue weighted by Crippen LogP contribution is -2.37. The molecule has 1 N–H and O–H groups in total. The van der Waals surface area contributed by atoms with E-state index in [1.165, 1.54) is 10.6 Å². The Kier molecular flexibility index (Phi) is 3.96. The van der Waals surface area contributed by atoms with E-state index in [0.29, 0.717) is 18.9 Å². The summed E-state index contributed by atoms with van der Waals surface area (Å²) in [5.41, 5.74) is 2.60. The highest BCUT2D eigenvalue weighted by Crippen LogP contribution is 2.28. The molecule has 8 heteroatoms. The van der Waals surface area contributed by atoms with E-state index >= 15 is 0 Å². The molecule has 3 rings (SSSR count). The highest BCUT2D eigenvalue weighted by atomic mass is 32.2. The molecule has 1 aliphatic heterocycles. The average molecular weight is 321 g/mol. The molecule has 0 aliphatic carbocycles. The topological polar surface area (TPSA) is 91.8 Å². The molecule has 0 radical (unpaired) electrons. The van der Waals surface area contributed by atoms with E-state index in [2.05, 4.69) is 19.9 Å². The van der Waals surface area contributed by atoms with Gasteiger partial charge < -0.3 is 4.98 Å². The number of sulfonamides is 1. The maximum atomic E-state index is 11.6. The predicted molar refractivity (Wildman–Crippen MR) is 82.7 cm³/mol. The number of aryl methyl sites for hydroxylation is 1. The number of piperidine rings is 1. The van der Waals surface area contributed by atoms with E-state index < -0.39 is 10.0 Å². The molecule has 22 heavy (non-hydrogen) atoms. The molecule has 2 aromatic rings. The predicted octanol–water partition coefficient (Wildman–Crippen LogP) is 1.31. The number of hydrogen-bond acceptors (Lipinski definition) is 5. The molecule has 0 spiro atoms. The van der Waals surface area contributed by atoms with Crippen molar-refractivity contribution in [3.05, 3.63) is 30.0 Å². The fourth-order valence-corrected chi connectivity index (χ4v) is 3.59. The van der Waals surface area contributed by atoms with Crippen LogP contribution in [0.5, 0.6) is 0 Å². The standard InChI is InChI=1S/C14H19N5O2S/c1-10-7-16-14(17-10)13-9-15-8-12(18-13)11-3-5-19(6-4-11)22(2,20)21/h7-9,11H,3-6H2,1-2H3,(H,16,17). The van der Waals surface area contributed by atoms with Gasteiger partial charge in [0.2, 0.25) is 10.0 Å². The maximum Gasteiger partial charge on any atom is 0.211 e. The molecule has 118 valence electrons. The number of nitrogens with one attached hydrogen (secondary N) is 1. The van der Waals surface area contributed by atoms with Gasteiger partial charge in [-0.25, -0.2) is 22.7 Å². The monoisotopic (exact) mass is 321 g/mol. The average Bonchev–Trinajstić information content (AvgIpc) is 2.93. The van der Waals surface area contributed by atoms with Crippen molar-refractivity contribution in [2.45, 2.75) is 25.7 Å². The number of nitrogens with zero attached hydrogens (tertiary/aromatic N) is 4. The largest absolute Gasteiger partial charge is 0.341 e. The van der Waals surface area contributed by atoms with Gasteiger partial charge in [-0.2, -0.15) is 0 Å². The van der Waals surface area contributed by atoms with Crippen LogP contribution in [0.4, 0.5) is 0 Å². The SMILES string of the molecule is Cc1cnc(-c2cncc(C3CCN(S(C)(=O)=O)CC3)n2)[nH]1. The highest BCUT2D eigenvalue weighted by Gasteiger charge is 2.26. The first kappa shape index (κ1) is 15.1. The van der Waals surface area contributed by atoms with Crippen LogP contribution in [-0.4, -0.2) is 52.0 Å². The van der Waals surface area contributed by atoms with Crippen molar-refractivity contribution in [2.24, 2.45) is 0 Å². The van der Waals surface area contributed by atoms with Crippen LogP contribution < -0.4 is 0 Å². The van der Waals surface area contributed by atoms with Gasteiger partial charge in [-0.1, -0.05) is 0 Å². The van der Waals surface area contributed by atoms with E-state index in [4.69, 9.17) is 0 Å². The summed E-state index contributed by atoms with van der Waals surface area (Å²) in [6.07, 6.45) is 8.00. The van der Waals surface area contributed by atoms with Crippen LogP contribution in [0.15, 0.2) is 18.6 Å². The first-order valence-corrected chi connectivity index (χ1v) is 9.07. The van der Waals surface area contributed by atoms with Gasteiger partial charge in [0.05, 0.1) is 18.1 Å². The van der Waals surface area contributed by atoms with Crippen molar-refractivity contribution in [1.82, 2.24) is 24.2 Å². The molecule has 1 fully saturated rings. The maximum absolute atomic E-state index is 11.6. The van der Waals surface area contributed by atoms with Crippen molar-refractivity contribution in [1.29, 1.82) is 0 Å². The van der Waals surface area contributed by atoms with Crippen LogP contribution >= 0.6 is 0 Å². The van der Waals surface area contributed by atoms with Crippen molar-refractivity contribution in [2.75, 3.05) is 19.3 Å². The quantitative estimate of drug-likeness (QED) is 0.920. The molecule has 0 atom stereocenters. The Bertz CT molecular complexity index is 763. The van der Waals surface area contributed by atoms with Crippen LogP contribution in [0.2, 0.25) is 0 Å². The van der Waals surface area contributed by atoms with Crippen LogP contribution in [0.3, 0.4) is 0 Å². The molecule has 0 bridgehead atoms. The summed E-state index contributed by atoms with van der Waals surface area (Å²) in [4.78, 5) is 16.3. The minimum absolute atomic E-state index is 0.238. The molecule has 0 amide bonds. The second-order valence-corrected chi connectivity index (χ2v) is 7.66. The molecule has 7 nitrogen and oxygen atoms in total. The normalized spacial score (nSPS) is 17.7. The van der Waals surface area contributed by atoms with Gasteiger partial charge in [0, 0.05) is 37.1 Å². The van der Waals surface area contributed by atoms with E-state index in [9.17, 15) is 8.42 Å². The summed E-state index contributed by atoms with van der Waals surface area (Å²) < 4.78 is 24.6. The van der Waals surface area contributed by atoms with Gasteiger partial charge in [0.1, 0.15) is 5.69 Å². The zero-order chi connectivity index (χ0) is 15.7. The first-order chi connectivity index (χ1) is 10.4. The third-order valence-electron chi connectivity index (χ3n) is 3.94. The van der Waals surface area contributed by atoms with Gasteiger partial charge in [0.25, 0.3) is 0 Å². The minimum atomic E-state index is -3.10. The summed E-state index contributed by atoms with van der Waals surface area (Å²) in [5.74, 6) is 0.946. The lowest BCUT2D eigenvalue weighted by molar-refractivity contribution is 0.318. The Hall–Kier alpha value is -1.80. The molecule has 1 aliphatic rings. The van der Waals surface area contributed by atoms with Crippen molar-refractivity contribution in [3.8, 4) is 11.5 Å². The molecule has 3 heterocycles.